The van der Waals surface area contributed by atoms with Crippen molar-refractivity contribution in [2.24, 2.45) is 17.4 Å². The fourth-order valence-electron chi connectivity index (χ4n) is 3.14. The summed E-state index contributed by atoms with van der Waals surface area (Å²) >= 11 is 0. The molecule has 12 nitrogen and oxygen atoms in total. The maximum absolute atomic E-state index is 13.1. The van der Waals surface area contributed by atoms with Crippen LogP contribution in [0.1, 0.15) is 39.2 Å². The number of aliphatic hydroxyl groups is 1. The average Bonchev–Trinajstić information content (AvgIpc) is 2.78. The number of nitrogens with one attached hydrogen (secondary N) is 3. The highest BCUT2D eigenvalue weighted by atomic mass is 16.4. The zero-order chi connectivity index (χ0) is 26.7. The molecule has 35 heavy (non-hydrogen) atoms. The number of carbonyl (C=O) groups excluding carboxylic acids is 4. The summed E-state index contributed by atoms with van der Waals surface area (Å²) in [6.45, 7) is 4.69. The van der Waals surface area contributed by atoms with Crippen LogP contribution in [0.2, 0.25) is 0 Å². The molecule has 0 saturated carbocycles. The summed E-state index contributed by atoms with van der Waals surface area (Å²) in [5.74, 6) is -4.69. The molecule has 0 aliphatic rings. The lowest BCUT2D eigenvalue weighted by Crippen LogP contribution is -2.59. The molecule has 1 aromatic rings. The fraction of sp³-hybridized carbons (Fsp3) is 0.522. The average molecular weight is 494 g/mol. The van der Waals surface area contributed by atoms with Crippen molar-refractivity contribution in [1.29, 1.82) is 0 Å². The summed E-state index contributed by atoms with van der Waals surface area (Å²) < 4.78 is 0. The molecule has 5 atom stereocenters. The molecular formula is C23H35N5O7. The van der Waals surface area contributed by atoms with E-state index in [9.17, 15) is 34.2 Å². The van der Waals surface area contributed by atoms with Crippen LogP contribution in [0.4, 0.5) is 0 Å². The van der Waals surface area contributed by atoms with Gasteiger partial charge in [0.25, 0.3) is 0 Å². The normalized spacial score (nSPS) is 15.3. The molecule has 0 aliphatic heterocycles. The minimum Gasteiger partial charge on any atom is -0.480 e. The lowest BCUT2D eigenvalue weighted by atomic mass is 10.00. The Hall–Kier alpha value is -3.51. The van der Waals surface area contributed by atoms with Crippen molar-refractivity contribution in [1.82, 2.24) is 16.0 Å². The minimum atomic E-state index is -1.39. The molecule has 0 spiro atoms. The molecule has 0 aromatic heterocycles. The van der Waals surface area contributed by atoms with Gasteiger partial charge in [-0.2, -0.15) is 0 Å². The van der Waals surface area contributed by atoms with Crippen molar-refractivity contribution in [2.45, 2.75) is 70.3 Å². The molecule has 0 fully saturated rings. The lowest BCUT2D eigenvalue weighted by Gasteiger charge is -2.27. The molecule has 0 aliphatic carbocycles. The van der Waals surface area contributed by atoms with Crippen molar-refractivity contribution in [3.63, 3.8) is 0 Å². The van der Waals surface area contributed by atoms with Crippen LogP contribution in [-0.4, -0.2) is 70.1 Å². The SMILES string of the molecule is CC(C)C(NC(=O)C(N)C(C)O)C(=O)NC(Cc1ccccc1)C(=O)NC(CCC(N)=O)C(=O)O. The Morgan fingerprint density at radius 3 is 1.94 bits per heavy atom. The Balaban J connectivity index is 3.10. The standard InChI is InChI=1S/C23H35N5O7/c1-12(2)19(28-21(32)18(25)13(3)29)22(33)27-16(11-14-7-5-4-6-8-14)20(31)26-15(23(34)35)9-10-17(24)30/h4-8,12-13,15-16,18-19,29H,9-11,25H2,1-3H3,(H2,24,30)(H,26,31)(H,27,33)(H,28,32)(H,34,35). The quantitative estimate of drug-likeness (QED) is 0.160. The van der Waals surface area contributed by atoms with E-state index in [1.54, 1.807) is 44.2 Å². The molecule has 12 heteroatoms. The third-order valence-electron chi connectivity index (χ3n) is 5.28. The second kappa shape index (κ2) is 14.0. The number of nitrogens with two attached hydrogens (primary N) is 2. The maximum atomic E-state index is 13.1. The monoisotopic (exact) mass is 493 g/mol. The number of aliphatic carboxylic acids is 1. The second-order valence-corrected chi connectivity index (χ2v) is 8.65. The topological polar surface area (TPSA) is 214 Å². The van der Waals surface area contributed by atoms with E-state index >= 15 is 0 Å². The first-order valence-electron chi connectivity index (χ1n) is 11.2. The summed E-state index contributed by atoms with van der Waals surface area (Å²) in [5, 5.41) is 26.4. The van der Waals surface area contributed by atoms with Gasteiger partial charge in [-0.15, -0.1) is 0 Å². The van der Waals surface area contributed by atoms with Crippen molar-refractivity contribution in [3.8, 4) is 0 Å². The predicted molar refractivity (Wildman–Crippen MR) is 126 cm³/mol. The molecule has 0 heterocycles. The Bertz CT molecular complexity index is 892. The van der Waals surface area contributed by atoms with E-state index < -0.39 is 65.8 Å². The third kappa shape index (κ3) is 10.1. The van der Waals surface area contributed by atoms with E-state index in [4.69, 9.17) is 11.5 Å². The van der Waals surface area contributed by atoms with Crippen LogP contribution in [0, 0.1) is 5.92 Å². The van der Waals surface area contributed by atoms with Crippen molar-refractivity contribution < 1.29 is 34.2 Å². The number of hydrogen-bond donors (Lipinski definition) is 7. The van der Waals surface area contributed by atoms with Gasteiger partial charge in [-0.1, -0.05) is 44.2 Å². The van der Waals surface area contributed by atoms with Gasteiger partial charge in [0.05, 0.1) is 6.10 Å². The number of rotatable bonds is 14. The maximum Gasteiger partial charge on any atom is 0.326 e. The molecule has 9 N–H and O–H groups in total. The van der Waals surface area contributed by atoms with Crippen LogP contribution in [0.25, 0.3) is 0 Å². The van der Waals surface area contributed by atoms with Crippen LogP contribution in [0.15, 0.2) is 30.3 Å². The lowest BCUT2D eigenvalue weighted by molar-refractivity contribution is -0.142. The number of amides is 4. The summed E-state index contributed by atoms with van der Waals surface area (Å²) in [7, 11) is 0. The summed E-state index contributed by atoms with van der Waals surface area (Å²) in [5.41, 5.74) is 11.4. The Morgan fingerprint density at radius 2 is 1.46 bits per heavy atom. The molecule has 1 aromatic carbocycles. The minimum absolute atomic E-state index is 0.0342. The number of carbonyl (C=O) groups is 5. The van der Waals surface area contributed by atoms with Crippen LogP contribution >= 0.6 is 0 Å². The molecule has 5 unspecified atom stereocenters. The van der Waals surface area contributed by atoms with E-state index in [2.05, 4.69) is 16.0 Å². The number of hydrogen-bond acceptors (Lipinski definition) is 7. The van der Waals surface area contributed by atoms with Gasteiger partial charge in [-0.3, -0.25) is 19.2 Å². The molecule has 0 saturated heterocycles. The van der Waals surface area contributed by atoms with Crippen molar-refractivity contribution in [2.75, 3.05) is 0 Å². The number of carboxylic acids is 1. The molecule has 1 rings (SSSR count). The summed E-state index contributed by atoms with van der Waals surface area (Å²) in [4.78, 5) is 61.0. The molecular weight excluding hydrogens is 458 g/mol. The van der Waals surface area contributed by atoms with Gasteiger partial charge < -0.3 is 37.6 Å². The predicted octanol–water partition coefficient (Wildman–Crippen LogP) is -1.60. The zero-order valence-electron chi connectivity index (χ0n) is 20.1. The Kier molecular flexibility index (Phi) is 11.8. The summed E-state index contributed by atoms with van der Waals surface area (Å²) in [6, 6.07) is 3.81. The third-order valence-corrected chi connectivity index (χ3v) is 5.28. The highest BCUT2D eigenvalue weighted by Crippen LogP contribution is 2.08. The van der Waals surface area contributed by atoms with E-state index in [1.807, 2.05) is 0 Å². The number of benzene rings is 1. The van der Waals surface area contributed by atoms with Crippen LogP contribution in [-0.2, 0) is 30.4 Å². The molecule has 0 bridgehead atoms. The van der Waals surface area contributed by atoms with Crippen molar-refractivity contribution in [3.05, 3.63) is 35.9 Å². The largest absolute Gasteiger partial charge is 0.480 e. The van der Waals surface area contributed by atoms with E-state index in [1.165, 1.54) is 6.92 Å². The highest BCUT2D eigenvalue weighted by Gasteiger charge is 2.32. The van der Waals surface area contributed by atoms with Crippen LogP contribution in [0.3, 0.4) is 0 Å². The van der Waals surface area contributed by atoms with E-state index in [-0.39, 0.29) is 19.3 Å². The zero-order valence-corrected chi connectivity index (χ0v) is 20.1. The van der Waals surface area contributed by atoms with E-state index in [0.29, 0.717) is 5.56 Å². The Morgan fingerprint density at radius 1 is 0.886 bits per heavy atom. The highest BCUT2D eigenvalue weighted by molar-refractivity contribution is 5.94. The first-order valence-corrected chi connectivity index (χ1v) is 11.2. The first kappa shape index (κ1) is 29.5. The van der Waals surface area contributed by atoms with Gasteiger partial charge >= 0.3 is 5.97 Å². The van der Waals surface area contributed by atoms with Gasteiger partial charge in [0.2, 0.25) is 23.6 Å². The van der Waals surface area contributed by atoms with Crippen LogP contribution in [0.5, 0.6) is 0 Å². The smallest absolute Gasteiger partial charge is 0.326 e. The summed E-state index contributed by atoms with van der Waals surface area (Å²) in [6.07, 6.45) is -1.58. The van der Waals surface area contributed by atoms with Gasteiger partial charge in [-0.25, -0.2) is 4.79 Å². The van der Waals surface area contributed by atoms with Gasteiger partial charge in [-0.05, 0) is 24.8 Å². The molecule has 0 radical (unpaired) electrons. The molecule has 4 amide bonds. The number of primary amides is 1. The van der Waals surface area contributed by atoms with E-state index in [0.717, 1.165) is 0 Å². The number of carboxylic acid groups (broad SMARTS) is 1. The van der Waals surface area contributed by atoms with Gasteiger partial charge in [0.1, 0.15) is 24.2 Å². The van der Waals surface area contributed by atoms with Crippen LogP contribution < -0.4 is 27.4 Å². The van der Waals surface area contributed by atoms with Crippen molar-refractivity contribution >= 4 is 29.6 Å². The fourth-order valence-corrected chi connectivity index (χ4v) is 3.14. The molecule has 194 valence electrons. The second-order valence-electron chi connectivity index (χ2n) is 8.65. The Labute approximate surface area is 203 Å². The number of aliphatic hydroxyl groups excluding tert-OH is 1. The van der Waals surface area contributed by atoms with Gasteiger partial charge in [0, 0.05) is 12.8 Å². The first-order chi connectivity index (χ1) is 16.3. The van der Waals surface area contributed by atoms with Gasteiger partial charge in [0.15, 0.2) is 0 Å².